The van der Waals surface area contributed by atoms with E-state index in [-0.39, 0.29) is 18.4 Å². The number of amides is 2. The second-order valence-corrected chi connectivity index (χ2v) is 7.32. The van der Waals surface area contributed by atoms with Crippen LogP contribution in [-0.2, 0) is 17.9 Å². The number of nitrogens with one attached hydrogen (secondary N) is 2. The van der Waals surface area contributed by atoms with E-state index in [1.807, 2.05) is 24.3 Å². The lowest BCUT2D eigenvalue weighted by Gasteiger charge is -2.16. The van der Waals surface area contributed by atoms with Gasteiger partial charge in [0, 0.05) is 4.47 Å². The third kappa shape index (κ3) is 5.96. The number of carbonyl (C=O) groups excluding carboxylic acids is 2. The molecule has 0 saturated heterocycles. The fourth-order valence-electron chi connectivity index (χ4n) is 2.65. The maximum Gasteiger partial charge on any atom is 0.255 e. The average molecular weight is 457 g/mol. The highest BCUT2D eigenvalue weighted by Crippen LogP contribution is 2.20. The Kier molecular flexibility index (Phi) is 7.08. The van der Waals surface area contributed by atoms with E-state index in [9.17, 15) is 9.59 Å². The fraction of sp³-hybridized carbons (Fsp3) is 0.182. The minimum atomic E-state index is -0.712. The number of carbonyl (C=O) groups is 2. The molecule has 1 aromatic heterocycles. The number of halogens is 1. The zero-order valence-electron chi connectivity index (χ0n) is 15.9. The molecular weight excluding hydrogens is 436 g/mol. The molecule has 150 valence electrons. The van der Waals surface area contributed by atoms with Crippen molar-refractivity contribution in [2.75, 3.05) is 0 Å². The standard InChI is InChI=1S/C22H21BrN2O4/c1-15(21(26)24-13-18-8-5-11-28-18)25-22(27)19-9-2-3-10-20(19)29-14-16-6-4-7-17(23)12-16/h2-12,15H,13-14H2,1H3,(H,24,26)(H,25,27). The van der Waals surface area contributed by atoms with Gasteiger partial charge in [-0.25, -0.2) is 0 Å². The molecule has 3 aromatic rings. The molecule has 2 N–H and O–H groups in total. The third-order valence-corrected chi connectivity index (χ3v) is 4.67. The molecule has 2 amide bonds. The van der Waals surface area contributed by atoms with Crippen molar-refractivity contribution in [1.82, 2.24) is 10.6 Å². The van der Waals surface area contributed by atoms with Crippen LogP contribution in [0.4, 0.5) is 0 Å². The minimum absolute atomic E-state index is 0.262. The van der Waals surface area contributed by atoms with Gasteiger partial charge in [0.25, 0.3) is 5.91 Å². The molecule has 0 aliphatic rings. The number of rotatable bonds is 8. The van der Waals surface area contributed by atoms with E-state index in [2.05, 4.69) is 26.6 Å². The Balaban J connectivity index is 1.59. The zero-order valence-corrected chi connectivity index (χ0v) is 17.4. The summed E-state index contributed by atoms with van der Waals surface area (Å²) in [4.78, 5) is 24.9. The first-order valence-electron chi connectivity index (χ1n) is 9.10. The molecule has 7 heteroatoms. The molecule has 0 fully saturated rings. The van der Waals surface area contributed by atoms with Gasteiger partial charge in [0.2, 0.25) is 5.91 Å². The molecule has 0 aliphatic carbocycles. The minimum Gasteiger partial charge on any atom is -0.488 e. The van der Waals surface area contributed by atoms with Gasteiger partial charge < -0.3 is 19.8 Å². The fourth-order valence-corrected chi connectivity index (χ4v) is 3.10. The number of furan rings is 1. The van der Waals surface area contributed by atoms with E-state index in [1.165, 1.54) is 6.26 Å². The highest BCUT2D eigenvalue weighted by Gasteiger charge is 2.19. The summed E-state index contributed by atoms with van der Waals surface area (Å²) in [7, 11) is 0. The van der Waals surface area contributed by atoms with Crippen LogP contribution in [0.2, 0.25) is 0 Å². The van der Waals surface area contributed by atoms with Crippen LogP contribution in [0.5, 0.6) is 5.75 Å². The number of hydrogen-bond donors (Lipinski definition) is 2. The highest BCUT2D eigenvalue weighted by atomic mass is 79.9. The molecule has 6 nitrogen and oxygen atoms in total. The van der Waals surface area contributed by atoms with E-state index in [0.29, 0.717) is 23.7 Å². The van der Waals surface area contributed by atoms with Crippen molar-refractivity contribution in [3.63, 3.8) is 0 Å². The van der Waals surface area contributed by atoms with Crippen molar-refractivity contribution in [3.8, 4) is 5.75 Å². The monoisotopic (exact) mass is 456 g/mol. The summed E-state index contributed by atoms with van der Waals surface area (Å²) in [5.74, 6) is 0.411. The smallest absolute Gasteiger partial charge is 0.255 e. The van der Waals surface area contributed by atoms with E-state index in [0.717, 1.165) is 10.0 Å². The summed E-state index contributed by atoms with van der Waals surface area (Å²) in [6.45, 7) is 2.21. The Morgan fingerprint density at radius 1 is 1.10 bits per heavy atom. The van der Waals surface area contributed by atoms with Crippen molar-refractivity contribution in [2.24, 2.45) is 0 Å². The molecule has 0 spiro atoms. The van der Waals surface area contributed by atoms with Gasteiger partial charge in [-0.3, -0.25) is 9.59 Å². The summed E-state index contributed by atoms with van der Waals surface area (Å²) in [6.07, 6.45) is 1.54. The second-order valence-electron chi connectivity index (χ2n) is 6.41. The number of hydrogen-bond acceptors (Lipinski definition) is 4. The van der Waals surface area contributed by atoms with Gasteiger partial charge in [-0.1, -0.05) is 40.2 Å². The van der Waals surface area contributed by atoms with Gasteiger partial charge in [-0.15, -0.1) is 0 Å². The average Bonchev–Trinajstić information content (AvgIpc) is 3.24. The van der Waals surface area contributed by atoms with E-state index >= 15 is 0 Å². The van der Waals surface area contributed by atoms with Crippen LogP contribution < -0.4 is 15.4 Å². The Morgan fingerprint density at radius 2 is 1.93 bits per heavy atom. The molecular formula is C22H21BrN2O4. The van der Waals surface area contributed by atoms with Crippen molar-refractivity contribution in [3.05, 3.63) is 88.3 Å². The SMILES string of the molecule is CC(NC(=O)c1ccccc1OCc1cccc(Br)c1)C(=O)NCc1ccco1. The first-order valence-corrected chi connectivity index (χ1v) is 9.89. The Bertz CT molecular complexity index is 972. The van der Waals surface area contributed by atoms with Crippen LogP contribution >= 0.6 is 15.9 Å². The lowest BCUT2D eigenvalue weighted by molar-refractivity contribution is -0.122. The lowest BCUT2D eigenvalue weighted by atomic mass is 10.1. The molecule has 29 heavy (non-hydrogen) atoms. The van der Waals surface area contributed by atoms with Crippen LogP contribution in [0.25, 0.3) is 0 Å². The van der Waals surface area contributed by atoms with Gasteiger partial charge in [-0.05, 0) is 48.9 Å². The van der Waals surface area contributed by atoms with Gasteiger partial charge in [0.05, 0.1) is 18.4 Å². The molecule has 3 rings (SSSR count). The number of benzene rings is 2. The largest absolute Gasteiger partial charge is 0.488 e. The van der Waals surface area contributed by atoms with Crippen LogP contribution in [0.3, 0.4) is 0 Å². The normalized spacial score (nSPS) is 11.5. The number of para-hydroxylation sites is 1. The van der Waals surface area contributed by atoms with E-state index < -0.39 is 6.04 Å². The zero-order chi connectivity index (χ0) is 20.6. The summed E-state index contributed by atoms with van der Waals surface area (Å²) >= 11 is 3.43. The molecule has 0 aliphatic heterocycles. The van der Waals surface area contributed by atoms with Crippen LogP contribution in [0.15, 0.2) is 75.8 Å². The van der Waals surface area contributed by atoms with Crippen LogP contribution in [0.1, 0.15) is 28.6 Å². The molecule has 1 atom stereocenters. The number of ether oxygens (including phenoxy) is 1. The second kappa shape index (κ2) is 9.93. The maximum absolute atomic E-state index is 12.7. The predicted molar refractivity (Wildman–Crippen MR) is 112 cm³/mol. The quantitative estimate of drug-likeness (QED) is 0.535. The Hall–Kier alpha value is -3.06. The molecule has 2 aromatic carbocycles. The highest BCUT2D eigenvalue weighted by molar-refractivity contribution is 9.10. The molecule has 0 saturated carbocycles. The summed E-state index contributed by atoms with van der Waals surface area (Å²) in [6, 6.07) is 17.5. The van der Waals surface area contributed by atoms with Crippen molar-refractivity contribution in [2.45, 2.75) is 26.1 Å². The van der Waals surface area contributed by atoms with E-state index in [4.69, 9.17) is 9.15 Å². The van der Waals surface area contributed by atoms with Crippen molar-refractivity contribution in [1.29, 1.82) is 0 Å². The summed E-state index contributed by atoms with van der Waals surface area (Å²) in [5, 5.41) is 5.43. The molecule has 0 bridgehead atoms. The maximum atomic E-state index is 12.7. The third-order valence-electron chi connectivity index (χ3n) is 4.17. The molecule has 1 heterocycles. The Morgan fingerprint density at radius 3 is 2.69 bits per heavy atom. The first kappa shape index (κ1) is 20.7. The summed E-state index contributed by atoms with van der Waals surface area (Å²) in [5.41, 5.74) is 1.34. The van der Waals surface area contributed by atoms with Gasteiger partial charge in [-0.2, -0.15) is 0 Å². The predicted octanol–water partition coefficient (Wildman–Crippen LogP) is 4.06. The lowest BCUT2D eigenvalue weighted by Crippen LogP contribution is -2.44. The van der Waals surface area contributed by atoms with Crippen molar-refractivity contribution >= 4 is 27.7 Å². The van der Waals surface area contributed by atoms with Gasteiger partial charge in [0.15, 0.2) is 0 Å². The van der Waals surface area contributed by atoms with Gasteiger partial charge in [0.1, 0.15) is 24.2 Å². The van der Waals surface area contributed by atoms with Crippen LogP contribution in [-0.4, -0.2) is 17.9 Å². The Labute approximate surface area is 177 Å². The topological polar surface area (TPSA) is 80.6 Å². The van der Waals surface area contributed by atoms with Gasteiger partial charge >= 0.3 is 0 Å². The van der Waals surface area contributed by atoms with Crippen LogP contribution in [0, 0.1) is 0 Å². The molecule has 0 radical (unpaired) electrons. The van der Waals surface area contributed by atoms with E-state index in [1.54, 1.807) is 43.3 Å². The molecule has 1 unspecified atom stereocenters. The summed E-state index contributed by atoms with van der Waals surface area (Å²) < 4.78 is 12.0. The van der Waals surface area contributed by atoms with Crippen molar-refractivity contribution < 1.29 is 18.7 Å². The first-order chi connectivity index (χ1) is 14.0.